The van der Waals surface area contributed by atoms with Crippen molar-refractivity contribution < 1.29 is 14.7 Å². The van der Waals surface area contributed by atoms with E-state index in [2.05, 4.69) is 0 Å². The molecule has 2 rings (SSSR count). The maximum absolute atomic E-state index is 12.2. The number of nitrogens with zero attached hydrogens (tertiary/aromatic N) is 1. The summed E-state index contributed by atoms with van der Waals surface area (Å²) >= 11 is 0. The SMILES string of the molecule is C[C@H](N)C(=O)N1CCC[C@]1(C(=O)O)C1CCCCC1. The topological polar surface area (TPSA) is 83.6 Å². The summed E-state index contributed by atoms with van der Waals surface area (Å²) in [4.78, 5) is 25.7. The molecule has 5 nitrogen and oxygen atoms in total. The number of hydrogen-bond acceptors (Lipinski definition) is 3. The van der Waals surface area contributed by atoms with Gasteiger partial charge in [0.2, 0.25) is 5.91 Å². The van der Waals surface area contributed by atoms with Gasteiger partial charge in [-0.15, -0.1) is 0 Å². The Morgan fingerprint density at radius 1 is 1.26 bits per heavy atom. The Morgan fingerprint density at radius 2 is 1.89 bits per heavy atom. The Morgan fingerprint density at radius 3 is 2.42 bits per heavy atom. The molecule has 1 aliphatic carbocycles. The summed E-state index contributed by atoms with van der Waals surface area (Å²) in [6.07, 6.45) is 6.48. The van der Waals surface area contributed by atoms with Crippen molar-refractivity contribution in [2.24, 2.45) is 11.7 Å². The van der Waals surface area contributed by atoms with Gasteiger partial charge < -0.3 is 15.7 Å². The molecule has 1 saturated heterocycles. The minimum absolute atomic E-state index is 0.0870. The second kappa shape index (κ2) is 5.49. The molecule has 2 atom stereocenters. The van der Waals surface area contributed by atoms with Crippen LogP contribution in [0.4, 0.5) is 0 Å². The average Bonchev–Trinajstić information content (AvgIpc) is 2.84. The van der Waals surface area contributed by atoms with Gasteiger partial charge in [0.05, 0.1) is 6.04 Å². The number of carbonyl (C=O) groups excluding carboxylic acids is 1. The molecule has 0 unspecified atom stereocenters. The minimum Gasteiger partial charge on any atom is -0.479 e. The molecule has 1 saturated carbocycles. The Labute approximate surface area is 114 Å². The molecule has 5 heteroatoms. The standard InChI is InChI=1S/C14H24N2O3/c1-10(15)12(17)16-9-5-8-14(16,13(18)19)11-6-3-2-4-7-11/h10-11H,2-9,15H2,1H3,(H,18,19)/t10-,14+/m0/s1. The van der Waals surface area contributed by atoms with Gasteiger partial charge in [0.1, 0.15) is 5.54 Å². The summed E-state index contributed by atoms with van der Waals surface area (Å²) in [6.45, 7) is 2.16. The molecule has 0 radical (unpaired) electrons. The van der Waals surface area contributed by atoms with Gasteiger partial charge in [0.15, 0.2) is 0 Å². The highest BCUT2D eigenvalue weighted by Gasteiger charge is 2.55. The lowest BCUT2D eigenvalue weighted by Crippen LogP contribution is -2.60. The number of carboxylic acid groups (broad SMARTS) is 1. The summed E-state index contributed by atoms with van der Waals surface area (Å²) in [7, 11) is 0. The van der Waals surface area contributed by atoms with Gasteiger partial charge in [-0.05, 0) is 38.5 Å². The van der Waals surface area contributed by atoms with Crippen LogP contribution in [0, 0.1) is 5.92 Å². The fraction of sp³-hybridized carbons (Fsp3) is 0.857. The predicted molar refractivity (Wildman–Crippen MR) is 71.5 cm³/mol. The number of likely N-dealkylation sites (tertiary alicyclic amines) is 1. The van der Waals surface area contributed by atoms with Gasteiger partial charge >= 0.3 is 5.97 Å². The van der Waals surface area contributed by atoms with E-state index in [9.17, 15) is 14.7 Å². The quantitative estimate of drug-likeness (QED) is 0.809. The van der Waals surface area contributed by atoms with Crippen molar-refractivity contribution in [3.8, 4) is 0 Å². The number of rotatable bonds is 3. The first-order valence-corrected chi connectivity index (χ1v) is 7.30. The van der Waals surface area contributed by atoms with E-state index >= 15 is 0 Å². The maximum Gasteiger partial charge on any atom is 0.329 e. The van der Waals surface area contributed by atoms with Gasteiger partial charge in [0, 0.05) is 6.54 Å². The number of hydrogen-bond donors (Lipinski definition) is 2. The summed E-state index contributed by atoms with van der Waals surface area (Å²) in [5.74, 6) is -0.972. The number of nitrogens with two attached hydrogens (primary N) is 1. The van der Waals surface area contributed by atoms with Crippen molar-refractivity contribution in [3.63, 3.8) is 0 Å². The van der Waals surface area contributed by atoms with Crippen molar-refractivity contribution in [1.82, 2.24) is 4.90 Å². The number of carboxylic acids is 1. The van der Waals surface area contributed by atoms with Gasteiger partial charge in [0.25, 0.3) is 0 Å². The molecule has 19 heavy (non-hydrogen) atoms. The molecule has 0 spiro atoms. The number of aliphatic carboxylic acids is 1. The third kappa shape index (κ3) is 2.36. The second-order valence-electron chi connectivity index (χ2n) is 5.95. The van der Waals surface area contributed by atoms with E-state index in [1.807, 2.05) is 0 Å². The molecule has 2 aliphatic rings. The van der Waals surface area contributed by atoms with E-state index in [1.165, 1.54) is 6.42 Å². The summed E-state index contributed by atoms with van der Waals surface area (Å²) < 4.78 is 0. The van der Waals surface area contributed by atoms with Crippen molar-refractivity contribution in [2.75, 3.05) is 6.54 Å². The molecule has 3 N–H and O–H groups in total. The Bertz CT molecular complexity index is 364. The van der Waals surface area contributed by atoms with Crippen LogP contribution in [0.5, 0.6) is 0 Å². The molecular weight excluding hydrogens is 244 g/mol. The maximum atomic E-state index is 12.2. The van der Waals surface area contributed by atoms with E-state index in [0.717, 1.165) is 32.1 Å². The zero-order chi connectivity index (χ0) is 14.0. The summed E-state index contributed by atoms with van der Waals surface area (Å²) in [5.41, 5.74) is 4.69. The Balaban J connectivity index is 2.31. The van der Waals surface area contributed by atoms with E-state index in [1.54, 1.807) is 11.8 Å². The molecule has 1 heterocycles. The van der Waals surface area contributed by atoms with Gasteiger partial charge in [-0.3, -0.25) is 4.79 Å². The lowest BCUT2D eigenvalue weighted by Gasteiger charge is -2.43. The highest BCUT2D eigenvalue weighted by molar-refractivity contribution is 5.90. The van der Waals surface area contributed by atoms with Crippen LogP contribution in [-0.4, -0.2) is 40.0 Å². The van der Waals surface area contributed by atoms with Crippen LogP contribution >= 0.6 is 0 Å². The van der Waals surface area contributed by atoms with E-state index < -0.39 is 17.6 Å². The van der Waals surface area contributed by atoms with Crippen molar-refractivity contribution in [3.05, 3.63) is 0 Å². The Kier molecular flexibility index (Phi) is 4.13. The van der Waals surface area contributed by atoms with Gasteiger partial charge in [-0.2, -0.15) is 0 Å². The fourth-order valence-corrected chi connectivity index (χ4v) is 3.80. The fourth-order valence-electron chi connectivity index (χ4n) is 3.80. The van der Waals surface area contributed by atoms with Crippen LogP contribution in [0.15, 0.2) is 0 Å². The molecule has 1 aliphatic heterocycles. The molecule has 0 bridgehead atoms. The molecule has 108 valence electrons. The molecule has 0 aromatic carbocycles. The molecule has 2 fully saturated rings. The minimum atomic E-state index is -0.995. The smallest absolute Gasteiger partial charge is 0.329 e. The highest BCUT2D eigenvalue weighted by Crippen LogP contribution is 2.43. The first-order valence-electron chi connectivity index (χ1n) is 7.30. The van der Waals surface area contributed by atoms with Crippen molar-refractivity contribution in [2.45, 2.75) is 63.5 Å². The first kappa shape index (κ1) is 14.3. The molecule has 0 aromatic heterocycles. The molecule has 1 amide bonds. The summed E-state index contributed by atoms with van der Waals surface area (Å²) in [6, 6.07) is -0.625. The monoisotopic (exact) mass is 268 g/mol. The normalized spacial score (nSPS) is 30.3. The Hall–Kier alpha value is -1.10. The van der Waals surface area contributed by atoms with Crippen LogP contribution in [0.1, 0.15) is 51.9 Å². The van der Waals surface area contributed by atoms with Gasteiger partial charge in [-0.1, -0.05) is 19.3 Å². The van der Waals surface area contributed by atoms with Crippen LogP contribution in [0.25, 0.3) is 0 Å². The second-order valence-corrected chi connectivity index (χ2v) is 5.95. The van der Waals surface area contributed by atoms with E-state index in [0.29, 0.717) is 13.0 Å². The van der Waals surface area contributed by atoms with E-state index in [-0.39, 0.29) is 11.8 Å². The zero-order valence-corrected chi connectivity index (χ0v) is 11.6. The summed E-state index contributed by atoms with van der Waals surface area (Å²) in [5, 5.41) is 9.78. The van der Waals surface area contributed by atoms with Crippen LogP contribution in [-0.2, 0) is 9.59 Å². The van der Waals surface area contributed by atoms with Crippen molar-refractivity contribution >= 4 is 11.9 Å². The van der Waals surface area contributed by atoms with Crippen LogP contribution in [0.2, 0.25) is 0 Å². The zero-order valence-electron chi connectivity index (χ0n) is 11.6. The largest absolute Gasteiger partial charge is 0.479 e. The third-order valence-corrected chi connectivity index (χ3v) is 4.73. The lowest BCUT2D eigenvalue weighted by atomic mass is 9.73. The van der Waals surface area contributed by atoms with E-state index in [4.69, 9.17) is 5.73 Å². The van der Waals surface area contributed by atoms with Gasteiger partial charge in [-0.25, -0.2) is 4.79 Å². The number of carbonyl (C=O) groups is 2. The predicted octanol–water partition coefficient (Wildman–Crippen LogP) is 1.36. The third-order valence-electron chi connectivity index (χ3n) is 4.73. The molecular formula is C14H24N2O3. The van der Waals surface area contributed by atoms with Crippen LogP contribution < -0.4 is 5.73 Å². The average molecular weight is 268 g/mol. The lowest BCUT2D eigenvalue weighted by molar-refractivity contribution is -0.162. The van der Waals surface area contributed by atoms with Crippen LogP contribution in [0.3, 0.4) is 0 Å². The number of amides is 1. The highest BCUT2D eigenvalue weighted by atomic mass is 16.4. The molecule has 0 aromatic rings. The van der Waals surface area contributed by atoms with Crippen molar-refractivity contribution in [1.29, 1.82) is 0 Å². The first-order chi connectivity index (χ1) is 9.00.